The van der Waals surface area contributed by atoms with Crippen molar-refractivity contribution in [3.8, 4) is 0 Å². The molecule has 0 unspecified atom stereocenters. The lowest BCUT2D eigenvalue weighted by atomic mass is 10.0. The number of amides is 1. The lowest BCUT2D eigenvalue weighted by Gasteiger charge is -2.34. The predicted octanol–water partition coefficient (Wildman–Crippen LogP) is 3.49. The molecule has 1 N–H and O–H groups in total. The second kappa shape index (κ2) is 7.12. The molecule has 2 fully saturated rings. The van der Waals surface area contributed by atoms with Gasteiger partial charge in [-0.3, -0.25) is 9.69 Å². The van der Waals surface area contributed by atoms with E-state index in [1.165, 1.54) is 0 Å². The van der Waals surface area contributed by atoms with E-state index in [4.69, 9.17) is 14.6 Å². The van der Waals surface area contributed by atoms with Gasteiger partial charge in [0.2, 0.25) is 0 Å². The van der Waals surface area contributed by atoms with Crippen molar-refractivity contribution in [3.05, 3.63) is 0 Å². The summed E-state index contributed by atoms with van der Waals surface area (Å²) >= 11 is 1.81. The second-order valence-corrected chi connectivity index (χ2v) is 9.23. The Bertz CT molecular complexity index is 488. The van der Waals surface area contributed by atoms with Crippen LogP contribution in [0.25, 0.3) is 0 Å². The molecule has 0 aromatic carbocycles. The van der Waals surface area contributed by atoms with Crippen molar-refractivity contribution < 1.29 is 24.2 Å². The second-order valence-electron chi connectivity index (χ2n) is 7.96. The molecule has 0 aromatic rings. The van der Waals surface area contributed by atoms with Crippen LogP contribution in [0.4, 0.5) is 4.79 Å². The molecule has 2 aliphatic rings. The smallest absolute Gasteiger partial charge is 0.412 e. The third-order valence-corrected chi connectivity index (χ3v) is 5.75. The van der Waals surface area contributed by atoms with Gasteiger partial charge in [-0.05, 0) is 47.5 Å². The molecule has 2 aliphatic heterocycles. The van der Waals surface area contributed by atoms with Gasteiger partial charge in [0.05, 0.1) is 12.1 Å². The van der Waals surface area contributed by atoms with Gasteiger partial charge in [0, 0.05) is 17.4 Å². The highest BCUT2D eigenvalue weighted by Crippen LogP contribution is 2.45. The zero-order valence-corrected chi connectivity index (χ0v) is 16.0. The Morgan fingerprint density at radius 3 is 2.58 bits per heavy atom. The van der Waals surface area contributed by atoms with Crippen LogP contribution >= 0.6 is 11.8 Å². The molecule has 2 heterocycles. The first-order chi connectivity index (χ1) is 11.0. The number of carboxylic acid groups (broad SMARTS) is 1. The highest BCUT2D eigenvalue weighted by molar-refractivity contribution is 8.00. The zero-order valence-electron chi connectivity index (χ0n) is 15.2. The summed E-state index contributed by atoms with van der Waals surface area (Å²) in [6.45, 7) is 9.39. The maximum Gasteiger partial charge on any atom is 0.412 e. The maximum absolute atomic E-state index is 12.6. The first-order valence-electron chi connectivity index (χ1n) is 8.55. The van der Waals surface area contributed by atoms with Gasteiger partial charge in [-0.2, -0.15) is 11.8 Å². The molecule has 3 atom stereocenters. The average molecular weight is 359 g/mol. The normalized spacial score (nSPS) is 28.7. The summed E-state index contributed by atoms with van der Waals surface area (Å²) in [4.78, 5) is 25.0. The molecule has 2 saturated heterocycles. The highest BCUT2D eigenvalue weighted by atomic mass is 32.2. The van der Waals surface area contributed by atoms with Gasteiger partial charge >= 0.3 is 12.1 Å². The van der Waals surface area contributed by atoms with Crippen molar-refractivity contribution in [2.75, 3.05) is 5.75 Å². The molecule has 0 bridgehead atoms. The van der Waals surface area contributed by atoms with Crippen molar-refractivity contribution in [1.29, 1.82) is 0 Å². The number of nitrogens with zero attached hydrogens (tertiary/aromatic N) is 1. The molecule has 7 heteroatoms. The highest BCUT2D eigenvalue weighted by Gasteiger charge is 2.56. The molecule has 2 rings (SSSR count). The van der Waals surface area contributed by atoms with Crippen LogP contribution in [-0.2, 0) is 14.3 Å². The molecule has 0 radical (unpaired) electrons. The standard InChI is InChI=1S/C17H29NO5S/c1-16(2,3)23-15(21)18-11-10-24-12(8-6-7-9-13(19)20)14(11)22-17(18,4)5/h11-12,14H,6-10H2,1-5H3,(H,19,20)/t11-,12-,14-/m0/s1. The van der Waals surface area contributed by atoms with E-state index in [1.807, 2.05) is 46.4 Å². The summed E-state index contributed by atoms with van der Waals surface area (Å²) < 4.78 is 11.8. The number of carbonyl (C=O) groups is 2. The van der Waals surface area contributed by atoms with Crippen LogP contribution in [0, 0.1) is 0 Å². The molecule has 0 aliphatic carbocycles. The van der Waals surface area contributed by atoms with E-state index in [0.717, 1.165) is 18.6 Å². The summed E-state index contributed by atoms with van der Waals surface area (Å²) in [6, 6.07) is 0.0179. The minimum atomic E-state index is -0.749. The largest absolute Gasteiger partial charge is 0.481 e. The Labute approximate surface area is 148 Å². The fraction of sp³-hybridized carbons (Fsp3) is 0.882. The Hall–Kier alpha value is -0.950. The van der Waals surface area contributed by atoms with Gasteiger partial charge in [0.15, 0.2) is 0 Å². The van der Waals surface area contributed by atoms with E-state index >= 15 is 0 Å². The quantitative estimate of drug-likeness (QED) is 0.757. The summed E-state index contributed by atoms with van der Waals surface area (Å²) in [6.07, 6.45) is 2.33. The lowest BCUT2D eigenvalue weighted by molar-refractivity contribution is -0.137. The zero-order chi connectivity index (χ0) is 18.1. The van der Waals surface area contributed by atoms with Crippen LogP contribution in [0.1, 0.15) is 60.3 Å². The van der Waals surface area contributed by atoms with Crippen molar-refractivity contribution in [2.45, 2.75) is 89.0 Å². The van der Waals surface area contributed by atoms with E-state index in [0.29, 0.717) is 11.7 Å². The first-order valence-corrected chi connectivity index (χ1v) is 9.60. The van der Waals surface area contributed by atoms with Crippen LogP contribution in [0.2, 0.25) is 0 Å². The van der Waals surface area contributed by atoms with Gasteiger partial charge in [-0.1, -0.05) is 6.42 Å². The van der Waals surface area contributed by atoms with E-state index in [-0.39, 0.29) is 24.7 Å². The minimum absolute atomic E-state index is 0.0117. The van der Waals surface area contributed by atoms with Crippen molar-refractivity contribution in [2.24, 2.45) is 0 Å². The van der Waals surface area contributed by atoms with E-state index in [9.17, 15) is 9.59 Å². The van der Waals surface area contributed by atoms with Crippen LogP contribution in [0.5, 0.6) is 0 Å². The number of aliphatic carboxylic acids is 1. The number of rotatable bonds is 5. The summed E-state index contributed by atoms with van der Waals surface area (Å²) in [7, 11) is 0. The SMILES string of the molecule is CC(C)(C)OC(=O)N1[C@H]2CS[C@@H](CCCCC(=O)O)[C@H]2OC1(C)C. The van der Waals surface area contributed by atoms with Crippen molar-refractivity contribution in [3.63, 3.8) is 0 Å². The maximum atomic E-state index is 12.6. The third-order valence-electron chi connectivity index (χ3n) is 4.28. The number of ether oxygens (including phenoxy) is 2. The Kier molecular flexibility index (Phi) is 5.75. The number of thioether (sulfide) groups is 1. The lowest BCUT2D eigenvalue weighted by Crippen LogP contribution is -2.50. The van der Waals surface area contributed by atoms with E-state index in [2.05, 4.69) is 0 Å². The molecule has 0 aromatic heterocycles. The third kappa shape index (κ3) is 4.57. The molecule has 1 amide bonds. The van der Waals surface area contributed by atoms with Crippen LogP contribution < -0.4 is 0 Å². The number of hydrogen-bond acceptors (Lipinski definition) is 5. The van der Waals surface area contributed by atoms with Gasteiger partial charge in [-0.25, -0.2) is 4.79 Å². The van der Waals surface area contributed by atoms with Crippen molar-refractivity contribution >= 4 is 23.8 Å². The number of carboxylic acids is 1. The summed E-state index contributed by atoms with van der Waals surface area (Å²) in [5, 5.41) is 9.03. The monoisotopic (exact) mass is 359 g/mol. The van der Waals surface area contributed by atoms with Gasteiger partial charge in [-0.15, -0.1) is 0 Å². The molecule has 138 valence electrons. The Morgan fingerprint density at radius 1 is 1.33 bits per heavy atom. The van der Waals surface area contributed by atoms with E-state index in [1.54, 1.807) is 4.90 Å². The number of unbranched alkanes of at least 4 members (excludes halogenated alkanes) is 1. The number of fused-ring (bicyclic) bond motifs is 1. The molecule has 24 heavy (non-hydrogen) atoms. The van der Waals surface area contributed by atoms with Crippen molar-refractivity contribution in [1.82, 2.24) is 4.90 Å². The molecular weight excluding hydrogens is 330 g/mol. The van der Waals surface area contributed by atoms with Gasteiger partial charge in [0.25, 0.3) is 0 Å². The Morgan fingerprint density at radius 2 is 2.00 bits per heavy atom. The first kappa shape index (κ1) is 19.4. The topological polar surface area (TPSA) is 76.1 Å². The summed E-state index contributed by atoms with van der Waals surface area (Å²) in [5.74, 6) is 0.0815. The van der Waals surface area contributed by atoms with Gasteiger partial charge in [0.1, 0.15) is 11.3 Å². The summed E-state index contributed by atoms with van der Waals surface area (Å²) in [5.41, 5.74) is -1.22. The average Bonchev–Trinajstić information content (AvgIpc) is 2.86. The fourth-order valence-electron chi connectivity index (χ4n) is 3.36. The number of carbonyl (C=O) groups excluding carboxylic acids is 1. The molecular formula is C17H29NO5S. The molecule has 0 saturated carbocycles. The van der Waals surface area contributed by atoms with Gasteiger partial charge < -0.3 is 14.6 Å². The Balaban J connectivity index is 1.97. The molecule has 6 nitrogen and oxygen atoms in total. The number of hydrogen-bond donors (Lipinski definition) is 1. The van der Waals surface area contributed by atoms with E-state index < -0.39 is 17.3 Å². The minimum Gasteiger partial charge on any atom is -0.481 e. The molecule has 0 spiro atoms. The predicted molar refractivity (Wildman–Crippen MR) is 93.2 cm³/mol. The fourth-order valence-corrected chi connectivity index (χ4v) is 4.90. The van der Waals surface area contributed by atoms with Crippen LogP contribution in [-0.4, -0.2) is 56.5 Å². The van der Waals surface area contributed by atoms with Crippen LogP contribution in [0.3, 0.4) is 0 Å². The van der Waals surface area contributed by atoms with Crippen LogP contribution in [0.15, 0.2) is 0 Å².